The van der Waals surface area contributed by atoms with E-state index in [-0.39, 0.29) is 51.4 Å². The van der Waals surface area contributed by atoms with Gasteiger partial charge in [-0.2, -0.15) is 0 Å². The summed E-state index contributed by atoms with van der Waals surface area (Å²) >= 11 is -0.450. The zero-order valence-electron chi connectivity index (χ0n) is 3.45. The van der Waals surface area contributed by atoms with Crippen LogP contribution in [0.4, 0.5) is 0 Å². The summed E-state index contributed by atoms with van der Waals surface area (Å²) in [6, 6.07) is 0. The summed E-state index contributed by atoms with van der Waals surface area (Å²) in [5.41, 5.74) is 0. The van der Waals surface area contributed by atoms with Crippen LogP contribution in [0, 0.1) is 0 Å². The Bertz CT molecular complexity index is 11.6. The van der Waals surface area contributed by atoms with Crippen molar-refractivity contribution in [3.63, 3.8) is 0 Å². The molecule has 0 heterocycles. The van der Waals surface area contributed by atoms with Gasteiger partial charge in [0.1, 0.15) is 0 Å². The van der Waals surface area contributed by atoms with Crippen molar-refractivity contribution in [2.75, 3.05) is 0 Å². The van der Waals surface area contributed by atoms with Gasteiger partial charge < -0.3 is 0 Å². The fraction of sp³-hybridized carbons (Fsp3) is 1.00. The molecule has 0 aliphatic rings. The average molecular weight is 207 g/mol. The van der Waals surface area contributed by atoms with E-state index < -0.39 is 20.2 Å². The number of hydrogen-bond donors (Lipinski definition) is 0. The van der Waals surface area contributed by atoms with Crippen molar-refractivity contribution in [1.29, 1.82) is 0 Å². The molecular weight excluding hydrogens is 197 g/mol. The summed E-state index contributed by atoms with van der Waals surface area (Å²) in [7, 11) is 0. The number of hydrogen-bond acceptors (Lipinski definition) is 0. The normalized spacial score (nSPS) is 7.20. The summed E-state index contributed by atoms with van der Waals surface area (Å²) in [6.07, 6.45) is 0. The fourth-order valence-corrected chi connectivity index (χ4v) is 0. The van der Waals surface area contributed by atoms with Gasteiger partial charge in [0.2, 0.25) is 0 Å². The Balaban J connectivity index is 0. The Morgan fingerprint density at radius 2 is 1.00 bits per heavy atom. The van der Waals surface area contributed by atoms with Gasteiger partial charge in [-0.3, -0.25) is 0 Å². The van der Waals surface area contributed by atoms with Crippen LogP contribution in [-0.2, 0) is 0 Å². The van der Waals surface area contributed by atoms with Crippen LogP contribution < -0.4 is 0 Å². The average Bonchev–Trinajstić information content (AvgIpc) is 0.811. The SMILES string of the molecule is [CH3][Sb]([CH3])[CH3].[KH]. The van der Waals surface area contributed by atoms with Gasteiger partial charge in [-0.25, -0.2) is 0 Å². The van der Waals surface area contributed by atoms with Gasteiger partial charge in [-0.05, 0) is 0 Å². The topological polar surface area (TPSA) is 0 Å². The molecule has 0 nitrogen and oxygen atoms in total. The first-order valence-electron chi connectivity index (χ1n) is 1.34. The van der Waals surface area contributed by atoms with Crippen LogP contribution >= 0.6 is 0 Å². The monoisotopic (exact) mass is 206 g/mol. The molecule has 0 aromatic heterocycles. The van der Waals surface area contributed by atoms with Gasteiger partial charge in [0, 0.05) is 0 Å². The molecule has 0 atom stereocenters. The zero-order valence-corrected chi connectivity index (χ0v) is 6.00. The van der Waals surface area contributed by atoms with Crippen molar-refractivity contribution in [3.05, 3.63) is 0 Å². The minimum atomic E-state index is -0.450. The Morgan fingerprint density at radius 1 is 1.00 bits per heavy atom. The Hall–Kier alpha value is 2.45. The van der Waals surface area contributed by atoms with Gasteiger partial charge in [-0.1, -0.05) is 0 Å². The van der Waals surface area contributed by atoms with E-state index in [1.807, 2.05) is 0 Å². The van der Waals surface area contributed by atoms with E-state index in [0.29, 0.717) is 0 Å². The van der Waals surface area contributed by atoms with Crippen molar-refractivity contribution < 1.29 is 0 Å². The Morgan fingerprint density at radius 3 is 1.00 bits per heavy atom. The second-order valence-corrected chi connectivity index (χ2v) is 9.00. The molecule has 0 N–H and O–H groups in total. The second-order valence-electron chi connectivity index (χ2n) is 1.34. The van der Waals surface area contributed by atoms with Crippen LogP contribution in [0.5, 0.6) is 0 Å². The molecule has 0 aromatic carbocycles. The van der Waals surface area contributed by atoms with Crippen LogP contribution in [0.25, 0.3) is 0 Å². The van der Waals surface area contributed by atoms with Gasteiger partial charge in [0.05, 0.1) is 0 Å². The summed E-state index contributed by atoms with van der Waals surface area (Å²) in [4.78, 5) is 7.05. The van der Waals surface area contributed by atoms with Gasteiger partial charge >= 0.3 is 86.2 Å². The van der Waals surface area contributed by atoms with Crippen molar-refractivity contribution >= 4 is 71.6 Å². The van der Waals surface area contributed by atoms with Crippen LogP contribution in [0.1, 0.15) is 0 Å². The van der Waals surface area contributed by atoms with E-state index in [1.165, 1.54) is 0 Å². The van der Waals surface area contributed by atoms with Crippen LogP contribution in [0.3, 0.4) is 0 Å². The molecular formula is C3H10KSb. The van der Waals surface area contributed by atoms with Crippen molar-refractivity contribution in [2.45, 2.75) is 14.6 Å². The molecule has 0 unspecified atom stereocenters. The Labute approximate surface area is 84.1 Å². The molecule has 5 heavy (non-hydrogen) atoms. The molecule has 0 spiro atoms. The van der Waals surface area contributed by atoms with Crippen molar-refractivity contribution in [3.8, 4) is 0 Å². The third-order valence-corrected chi connectivity index (χ3v) is 0. The maximum atomic E-state index is 2.35. The molecule has 0 rings (SSSR count). The Kier molecular flexibility index (Phi) is 13.5. The van der Waals surface area contributed by atoms with Crippen LogP contribution in [0.15, 0.2) is 0 Å². The zero-order chi connectivity index (χ0) is 3.58. The van der Waals surface area contributed by atoms with E-state index in [0.717, 1.165) is 0 Å². The quantitative estimate of drug-likeness (QED) is 0.513. The number of rotatable bonds is 0. The van der Waals surface area contributed by atoms with Gasteiger partial charge in [0.15, 0.2) is 0 Å². The molecule has 0 saturated heterocycles. The molecule has 0 aliphatic carbocycles. The molecule has 0 aromatic rings. The third kappa shape index (κ3) is 21.3. The molecule has 0 radical (unpaired) electrons. The molecule has 0 saturated carbocycles. The third-order valence-electron chi connectivity index (χ3n) is 0. The molecule has 0 aliphatic heterocycles. The molecule has 0 bridgehead atoms. The standard InChI is InChI=1S/3CH3.K.Sb.H/h3*1H3;;;. The molecule has 0 amide bonds. The fourth-order valence-electron chi connectivity index (χ4n) is 0. The first-order valence-corrected chi connectivity index (χ1v) is 9.00. The van der Waals surface area contributed by atoms with Gasteiger partial charge in [-0.15, -0.1) is 0 Å². The van der Waals surface area contributed by atoms with E-state index >= 15 is 0 Å². The predicted octanol–water partition coefficient (Wildman–Crippen LogP) is 0.722. The summed E-state index contributed by atoms with van der Waals surface area (Å²) < 4.78 is 0. The minimum absolute atomic E-state index is 0. The molecule has 2 heteroatoms. The second kappa shape index (κ2) is 6.45. The van der Waals surface area contributed by atoms with Crippen LogP contribution in [-0.4, -0.2) is 71.6 Å². The summed E-state index contributed by atoms with van der Waals surface area (Å²) in [5.74, 6) is 0. The van der Waals surface area contributed by atoms with Crippen LogP contribution in [0.2, 0.25) is 14.6 Å². The van der Waals surface area contributed by atoms with E-state index in [2.05, 4.69) is 14.6 Å². The maximum absolute atomic E-state index is 2.35. The van der Waals surface area contributed by atoms with Gasteiger partial charge in [0.25, 0.3) is 0 Å². The first kappa shape index (κ1) is 10.4. The summed E-state index contributed by atoms with van der Waals surface area (Å²) in [5, 5.41) is 0. The molecule has 0 fully saturated rings. The van der Waals surface area contributed by atoms with Crippen molar-refractivity contribution in [2.24, 2.45) is 0 Å². The van der Waals surface area contributed by atoms with E-state index in [1.54, 1.807) is 0 Å². The molecule has 28 valence electrons. The predicted molar refractivity (Wildman–Crippen MR) is 30.5 cm³/mol. The van der Waals surface area contributed by atoms with E-state index in [9.17, 15) is 0 Å². The van der Waals surface area contributed by atoms with Crippen molar-refractivity contribution in [1.82, 2.24) is 0 Å². The first-order chi connectivity index (χ1) is 1.73. The van der Waals surface area contributed by atoms with E-state index in [4.69, 9.17) is 0 Å². The summed E-state index contributed by atoms with van der Waals surface area (Å²) in [6.45, 7) is 0.